The number of carboxylic acid groups (broad SMARTS) is 1. The number of hydrogen-bond acceptors (Lipinski definition) is 5. The number of nitrogens with two attached hydrogens (primary N) is 1. The molecule has 1 fully saturated rings. The van der Waals surface area contributed by atoms with Crippen molar-refractivity contribution in [3.8, 4) is 0 Å². The predicted molar refractivity (Wildman–Crippen MR) is 132 cm³/mol. The van der Waals surface area contributed by atoms with Gasteiger partial charge in [-0.3, -0.25) is 9.69 Å². The zero-order valence-corrected chi connectivity index (χ0v) is 20.1. The van der Waals surface area contributed by atoms with Gasteiger partial charge in [0.1, 0.15) is 12.6 Å². The summed E-state index contributed by atoms with van der Waals surface area (Å²) in [6.45, 7) is 4.90. The van der Waals surface area contributed by atoms with E-state index in [9.17, 15) is 14.7 Å². The molecule has 2 aromatic rings. The number of benzene rings is 2. The molecule has 7 nitrogen and oxygen atoms in total. The van der Waals surface area contributed by atoms with Gasteiger partial charge in [0, 0.05) is 18.6 Å². The van der Waals surface area contributed by atoms with Crippen LogP contribution in [-0.2, 0) is 22.7 Å². The van der Waals surface area contributed by atoms with Crippen molar-refractivity contribution >= 4 is 12.1 Å². The summed E-state index contributed by atoms with van der Waals surface area (Å²) in [7, 11) is 0. The maximum absolute atomic E-state index is 12.7. The first-order valence-corrected chi connectivity index (χ1v) is 12.2. The topological polar surface area (TPSA) is 105 Å². The quantitative estimate of drug-likeness (QED) is 0.458. The molecule has 0 aliphatic carbocycles. The largest absolute Gasteiger partial charge is 0.480 e. The van der Waals surface area contributed by atoms with Crippen LogP contribution < -0.4 is 11.1 Å². The Morgan fingerprint density at radius 1 is 1.06 bits per heavy atom. The SMILES string of the molecule is CCC(CC)C[C@H](N)[C@H]1[C@H](NC(=O)OCc2ccccc2)C[C@H](C(=O)O)N1Cc1ccccc1. The van der Waals surface area contributed by atoms with Crippen LogP contribution in [0, 0.1) is 5.92 Å². The second-order valence-electron chi connectivity index (χ2n) is 9.13. The predicted octanol–water partition coefficient (Wildman–Crippen LogP) is 4.16. The molecule has 34 heavy (non-hydrogen) atoms. The molecule has 0 aromatic heterocycles. The lowest BCUT2D eigenvalue weighted by atomic mass is 9.89. The fourth-order valence-corrected chi connectivity index (χ4v) is 4.96. The average Bonchev–Trinajstić information content (AvgIpc) is 3.20. The van der Waals surface area contributed by atoms with Gasteiger partial charge in [0.2, 0.25) is 0 Å². The molecule has 1 amide bonds. The van der Waals surface area contributed by atoms with Crippen LogP contribution in [0.3, 0.4) is 0 Å². The van der Waals surface area contributed by atoms with Crippen LogP contribution in [-0.4, -0.2) is 46.2 Å². The molecule has 4 N–H and O–H groups in total. The van der Waals surface area contributed by atoms with Crippen molar-refractivity contribution in [1.82, 2.24) is 10.2 Å². The molecule has 2 aromatic carbocycles. The van der Waals surface area contributed by atoms with E-state index in [4.69, 9.17) is 10.5 Å². The summed E-state index contributed by atoms with van der Waals surface area (Å²) < 4.78 is 5.43. The van der Waals surface area contributed by atoms with Gasteiger partial charge in [-0.25, -0.2) is 4.79 Å². The van der Waals surface area contributed by atoms with Crippen molar-refractivity contribution in [2.75, 3.05) is 0 Å². The number of rotatable bonds is 11. The Kier molecular flexibility index (Phi) is 9.48. The number of amides is 1. The van der Waals surface area contributed by atoms with Crippen molar-refractivity contribution in [3.05, 3.63) is 71.8 Å². The van der Waals surface area contributed by atoms with Gasteiger partial charge >= 0.3 is 12.1 Å². The third-order valence-electron chi connectivity index (χ3n) is 6.88. The van der Waals surface area contributed by atoms with Crippen molar-refractivity contribution in [3.63, 3.8) is 0 Å². The molecule has 1 aliphatic heterocycles. The van der Waals surface area contributed by atoms with E-state index in [-0.39, 0.29) is 25.1 Å². The summed E-state index contributed by atoms with van der Waals surface area (Å²) in [6, 6.07) is 17.5. The Balaban J connectivity index is 1.79. The summed E-state index contributed by atoms with van der Waals surface area (Å²) in [5.74, 6) is -0.458. The number of carboxylic acids is 1. The van der Waals surface area contributed by atoms with Crippen LogP contribution in [0.5, 0.6) is 0 Å². The van der Waals surface area contributed by atoms with E-state index in [1.54, 1.807) is 0 Å². The molecule has 1 heterocycles. The number of carbonyl (C=O) groups excluding carboxylic acids is 1. The molecule has 0 bridgehead atoms. The first-order chi connectivity index (χ1) is 16.4. The lowest BCUT2D eigenvalue weighted by Gasteiger charge is -2.35. The smallest absolute Gasteiger partial charge is 0.407 e. The lowest BCUT2D eigenvalue weighted by molar-refractivity contribution is -0.143. The Bertz CT molecular complexity index is 905. The van der Waals surface area contributed by atoms with Gasteiger partial charge in [0.15, 0.2) is 0 Å². The standard InChI is InChI=1S/C27H37N3O4/c1-3-19(4-2)15-22(28)25-23(29-27(33)34-18-21-13-9-6-10-14-21)16-24(26(31)32)30(25)17-20-11-7-5-8-12-20/h5-14,19,22-25H,3-4,15-18,28H2,1-2H3,(H,29,33)(H,31,32)/t22-,23+,24+,25-/m0/s1. The number of alkyl carbamates (subject to hydrolysis) is 1. The number of hydrogen-bond donors (Lipinski definition) is 3. The minimum absolute atomic E-state index is 0.153. The molecule has 184 valence electrons. The minimum Gasteiger partial charge on any atom is -0.480 e. The third-order valence-corrected chi connectivity index (χ3v) is 6.88. The zero-order chi connectivity index (χ0) is 24.5. The number of ether oxygens (including phenoxy) is 1. The molecule has 0 radical (unpaired) electrons. The highest BCUT2D eigenvalue weighted by molar-refractivity contribution is 5.75. The van der Waals surface area contributed by atoms with Crippen LogP contribution >= 0.6 is 0 Å². The van der Waals surface area contributed by atoms with E-state index in [1.165, 1.54) is 0 Å². The van der Waals surface area contributed by atoms with E-state index in [1.807, 2.05) is 65.6 Å². The third kappa shape index (κ3) is 6.81. The molecule has 3 rings (SSSR count). The minimum atomic E-state index is -0.905. The fraction of sp³-hybridized carbons (Fsp3) is 0.481. The molecule has 1 aliphatic rings. The van der Waals surface area contributed by atoms with Crippen LogP contribution in [0.4, 0.5) is 4.79 Å². The first kappa shape index (κ1) is 25.7. The molecule has 4 atom stereocenters. The number of likely N-dealkylation sites (tertiary alicyclic amines) is 1. The maximum atomic E-state index is 12.7. The maximum Gasteiger partial charge on any atom is 0.407 e. The van der Waals surface area contributed by atoms with E-state index in [2.05, 4.69) is 19.2 Å². The van der Waals surface area contributed by atoms with Crippen molar-refractivity contribution in [2.24, 2.45) is 11.7 Å². The highest BCUT2D eigenvalue weighted by Gasteiger charge is 2.48. The fourth-order valence-electron chi connectivity index (χ4n) is 4.96. The van der Waals surface area contributed by atoms with Gasteiger partial charge < -0.3 is 20.9 Å². The number of nitrogens with zero attached hydrogens (tertiary/aromatic N) is 1. The Labute approximate surface area is 202 Å². The highest BCUT2D eigenvalue weighted by Crippen LogP contribution is 2.31. The Morgan fingerprint density at radius 3 is 2.21 bits per heavy atom. The summed E-state index contributed by atoms with van der Waals surface area (Å²) in [6.07, 6.45) is 2.51. The summed E-state index contributed by atoms with van der Waals surface area (Å²) >= 11 is 0. The molecular weight excluding hydrogens is 430 g/mol. The molecule has 0 spiro atoms. The van der Waals surface area contributed by atoms with Gasteiger partial charge in [-0.15, -0.1) is 0 Å². The van der Waals surface area contributed by atoms with E-state index in [0.717, 1.165) is 30.4 Å². The second-order valence-corrected chi connectivity index (χ2v) is 9.13. The second kappa shape index (κ2) is 12.5. The molecule has 1 saturated heterocycles. The van der Waals surface area contributed by atoms with Gasteiger partial charge in [-0.05, 0) is 29.9 Å². The number of carbonyl (C=O) groups is 2. The van der Waals surface area contributed by atoms with Crippen LogP contribution in [0.2, 0.25) is 0 Å². The van der Waals surface area contributed by atoms with E-state index in [0.29, 0.717) is 12.5 Å². The Hall–Kier alpha value is -2.90. The number of aliphatic carboxylic acids is 1. The molecule has 7 heteroatoms. The monoisotopic (exact) mass is 467 g/mol. The zero-order valence-electron chi connectivity index (χ0n) is 20.1. The van der Waals surface area contributed by atoms with Crippen LogP contribution in [0.15, 0.2) is 60.7 Å². The van der Waals surface area contributed by atoms with Gasteiger partial charge in [0.25, 0.3) is 0 Å². The van der Waals surface area contributed by atoms with Gasteiger partial charge in [-0.2, -0.15) is 0 Å². The average molecular weight is 468 g/mol. The van der Waals surface area contributed by atoms with Gasteiger partial charge in [0.05, 0.1) is 6.04 Å². The van der Waals surface area contributed by atoms with Crippen LogP contribution in [0.25, 0.3) is 0 Å². The van der Waals surface area contributed by atoms with Crippen molar-refractivity contribution < 1.29 is 19.4 Å². The molecule has 0 saturated carbocycles. The van der Waals surface area contributed by atoms with Crippen LogP contribution in [0.1, 0.15) is 50.7 Å². The summed E-state index contributed by atoms with van der Waals surface area (Å²) in [4.78, 5) is 26.8. The summed E-state index contributed by atoms with van der Waals surface area (Å²) in [5, 5.41) is 13.0. The lowest BCUT2D eigenvalue weighted by Crippen LogP contribution is -2.55. The van der Waals surface area contributed by atoms with Crippen molar-refractivity contribution in [1.29, 1.82) is 0 Å². The molecular formula is C27H37N3O4. The summed E-state index contributed by atoms with van der Waals surface area (Å²) in [5.41, 5.74) is 8.65. The normalized spacial score (nSPS) is 21.4. The first-order valence-electron chi connectivity index (χ1n) is 12.2. The number of nitrogens with one attached hydrogen (secondary N) is 1. The van der Waals surface area contributed by atoms with E-state index >= 15 is 0 Å². The Morgan fingerprint density at radius 2 is 1.65 bits per heavy atom. The highest BCUT2D eigenvalue weighted by atomic mass is 16.5. The van der Waals surface area contributed by atoms with Crippen molar-refractivity contribution in [2.45, 2.75) is 76.8 Å². The van der Waals surface area contributed by atoms with E-state index < -0.39 is 24.1 Å². The molecule has 0 unspecified atom stereocenters. The van der Waals surface area contributed by atoms with Gasteiger partial charge in [-0.1, -0.05) is 87.4 Å².